The lowest BCUT2D eigenvalue weighted by Crippen LogP contribution is -2.45. The van der Waals surface area contributed by atoms with Crippen LogP contribution in [0.15, 0.2) is 18.2 Å². The molecule has 20 heavy (non-hydrogen) atoms. The normalized spacial score (nSPS) is 10.7. The predicted molar refractivity (Wildman–Crippen MR) is 84.6 cm³/mol. The monoisotopic (exact) mass is 295 g/mol. The van der Waals surface area contributed by atoms with Crippen LogP contribution < -0.4 is 16.2 Å². The fourth-order valence-corrected chi connectivity index (χ4v) is 1.56. The zero-order valence-corrected chi connectivity index (χ0v) is 13.3. The first-order valence-electron chi connectivity index (χ1n) is 6.30. The first-order chi connectivity index (χ1) is 9.17. The van der Waals surface area contributed by atoms with E-state index in [1.54, 1.807) is 20.8 Å². The summed E-state index contributed by atoms with van der Waals surface area (Å²) in [6.07, 6.45) is -0.582. The van der Waals surface area contributed by atoms with Crippen LogP contribution in [0.5, 0.6) is 0 Å². The minimum absolute atomic E-state index is 0.291. The quantitative estimate of drug-likeness (QED) is 0.549. The standard InChI is InChI=1S/C14H21N3O2S/c1-9-6-7-11(8-10(9)2)15-12(20)16-17-13(18)19-14(3,4)5/h6-8H,1-5H3,(H,17,18)(H2,15,16,20). The van der Waals surface area contributed by atoms with Crippen molar-refractivity contribution in [3.8, 4) is 0 Å². The van der Waals surface area contributed by atoms with Crippen LogP contribution >= 0.6 is 12.2 Å². The highest BCUT2D eigenvalue weighted by atomic mass is 32.1. The number of thiocarbonyl (C=S) groups is 1. The smallest absolute Gasteiger partial charge is 0.426 e. The van der Waals surface area contributed by atoms with E-state index < -0.39 is 11.7 Å². The van der Waals surface area contributed by atoms with Crippen molar-refractivity contribution in [1.82, 2.24) is 10.9 Å². The van der Waals surface area contributed by atoms with E-state index >= 15 is 0 Å². The van der Waals surface area contributed by atoms with Crippen LogP contribution in [0.2, 0.25) is 0 Å². The van der Waals surface area contributed by atoms with Crippen LogP contribution in [0.4, 0.5) is 10.5 Å². The molecule has 0 saturated carbocycles. The fourth-order valence-electron chi connectivity index (χ4n) is 1.39. The fraction of sp³-hybridized carbons (Fsp3) is 0.429. The van der Waals surface area contributed by atoms with Gasteiger partial charge in [0.25, 0.3) is 0 Å². The summed E-state index contributed by atoms with van der Waals surface area (Å²) < 4.78 is 5.07. The van der Waals surface area contributed by atoms with Gasteiger partial charge in [-0.05, 0) is 70.1 Å². The third kappa shape index (κ3) is 5.88. The highest BCUT2D eigenvalue weighted by Crippen LogP contribution is 2.13. The number of anilines is 1. The molecule has 0 saturated heterocycles. The third-order valence-corrected chi connectivity index (χ3v) is 2.65. The van der Waals surface area contributed by atoms with E-state index in [4.69, 9.17) is 17.0 Å². The summed E-state index contributed by atoms with van der Waals surface area (Å²) in [6.45, 7) is 9.43. The number of amides is 1. The molecular weight excluding hydrogens is 274 g/mol. The maximum atomic E-state index is 11.4. The Hall–Kier alpha value is -1.82. The Bertz CT molecular complexity index is 510. The largest absolute Gasteiger partial charge is 0.443 e. The van der Waals surface area contributed by atoms with E-state index in [1.807, 2.05) is 32.0 Å². The number of aryl methyl sites for hydroxylation is 2. The number of hydrogen-bond donors (Lipinski definition) is 3. The Morgan fingerprint density at radius 1 is 1.15 bits per heavy atom. The summed E-state index contributed by atoms with van der Waals surface area (Å²) in [7, 11) is 0. The van der Waals surface area contributed by atoms with Gasteiger partial charge in [0.1, 0.15) is 5.60 Å². The molecule has 5 nitrogen and oxygen atoms in total. The molecule has 3 N–H and O–H groups in total. The zero-order chi connectivity index (χ0) is 15.3. The maximum Gasteiger partial charge on any atom is 0.426 e. The van der Waals surface area contributed by atoms with Gasteiger partial charge in [-0.15, -0.1) is 0 Å². The molecule has 0 aliphatic heterocycles. The number of nitrogens with one attached hydrogen (secondary N) is 3. The Labute approximate surface area is 125 Å². The number of benzene rings is 1. The summed E-state index contributed by atoms with van der Waals surface area (Å²) in [4.78, 5) is 11.4. The number of hydrazine groups is 1. The van der Waals surface area contributed by atoms with Crippen molar-refractivity contribution >= 4 is 29.1 Å². The van der Waals surface area contributed by atoms with Crippen molar-refractivity contribution < 1.29 is 9.53 Å². The second-order valence-electron chi connectivity index (χ2n) is 5.51. The van der Waals surface area contributed by atoms with Gasteiger partial charge in [0.05, 0.1) is 0 Å². The first-order valence-corrected chi connectivity index (χ1v) is 6.71. The molecule has 0 radical (unpaired) electrons. The molecule has 1 amide bonds. The summed E-state index contributed by atoms with van der Waals surface area (Å²) in [5.41, 5.74) is 7.64. The SMILES string of the molecule is Cc1ccc(NC(=S)NNC(=O)OC(C)(C)C)cc1C. The highest BCUT2D eigenvalue weighted by molar-refractivity contribution is 7.80. The molecular formula is C14H21N3O2S. The van der Waals surface area contributed by atoms with Crippen molar-refractivity contribution in [2.45, 2.75) is 40.2 Å². The molecule has 6 heteroatoms. The lowest BCUT2D eigenvalue weighted by molar-refractivity contribution is 0.0513. The summed E-state index contributed by atoms with van der Waals surface area (Å²) in [5.74, 6) is 0. The molecule has 110 valence electrons. The molecule has 0 aromatic heterocycles. The van der Waals surface area contributed by atoms with Gasteiger partial charge >= 0.3 is 6.09 Å². The van der Waals surface area contributed by atoms with Crippen molar-refractivity contribution in [3.63, 3.8) is 0 Å². The minimum atomic E-state index is -0.582. The predicted octanol–water partition coefficient (Wildman–Crippen LogP) is 3.03. The molecule has 0 aliphatic rings. The Balaban J connectivity index is 2.44. The molecule has 0 heterocycles. The van der Waals surface area contributed by atoms with Crippen LogP contribution in [0.25, 0.3) is 0 Å². The molecule has 0 bridgehead atoms. The molecule has 0 atom stereocenters. The molecule has 0 aliphatic carbocycles. The molecule has 0 spiro atoms. The van der Waals surface area contributed by atoms with Gasteiger partial charge in [-0.25, -0.2) is 10.2 Å². The van der Waals surface area contributed by atoms with Crippen molar-refractivity contribution in [1.29, 1.82) is 0 Å². The van der Waals surface area contributed by atoms with E-state index in [0.717, 1.165) is 11.3 Å². The number of rotatable bonds is 1. The number of carbonyl (C=O) groups excluding carboxylic acids is 1. The highest BCUT2D eigenvalue weighted by Gasteiger charge is 2.15. The van der Waals surface area contributed by atoms with Gasteiger partial charge in [0, 0.05) is 5.69 Å². The van der Waals surface area contributed by atoms with Gasteiger partial charge in [-0.1, -0.05) is 6.07 Å². The van der Waals surface area contributed by atoms with E-state index in [9.17, 15) is 4.79 Å². The molecule has 0 fully saturated rings. The Morgan fingerprint density at radius 2 is 1.80 bits per heavy atom. The van der Waals surface area contributed by atoms with Crippen LogP contribution in [0.1, 0.15) is 31.9 Å². The van der Waals surface area contributed by atoms with Crippen molar-refractivity contribution in [2.24, 2.45) is 0 Å². The average molecular weight is 295 g/mol. The van der Waals surface area contributed by atoms with Crippen LogP contribution in [-0.4, -0.2) is 16.8 Å². The molecule has 1 aromatic carbocycles. The van der Waals surface area contributed by atoms with Crippen LogP contribution in [0.3, 0.4) is 0 Å². The number of ether oxygens (including phenoxy) is 1. The first kappa shape index (κ1) is 16.2. The molecule has 0 unspecified atom stereocenters. The third-order valence-electron chi connectivity index (χ3n) is 2.44. The number of hydrogen-bond acceptors (Lipinski definition) is 3. The minimum Gasteiger partial charge on any atom is -0.443 e. The summed E-state index contributed by atoms with van der Waals surface area (Å²) in [5, 5.41) is 3.27. The van der Waals surface area contributed by atoms with Gasteiger partial charge in [0.2, 0.25) is 0 Å². The summed E-state index contributed by atoms with van der Waals surface area (Å²) >= 11 is 5.08. The maximum absolute atomic E-state index is 11.4. The van der Waals surface area contributed by atoms with Gasteiger partial charge in [0.15, 0.2) is 5.11 Å². The Kier molecular flexibility index (Phi) is 5.33. The topological polar surface area (TPSA) is 62.4 Å². The molecule has 1 aromatic rings. The van der Waals surface area contributed by atoms with Crippen molar-refractivity contribution in [2.75, 3.05) is 5.32 Å². The van der Waals surface area contributed by atoms with Crippen molar-refractivity contribution in [3.05, 3.63) is 29.3 Å². The molecule has 1 rings (SSSR count). The Morgan fingerprint density at radius 3 is 2.35 bits per heavy atom. The average Bonchev–Trinajstić information content (AvgIpc) is 2.29. The van der Waals surface area contributed by atoms with Crippen LogP contribution in [0, 0.1) is 13.8 Å². The van der Waals surface area contributed by atoms with Crippen LogP contribution in [-0.2, 0) is 4.74 Å². The summed E-state index contributed by atoms with van der Waals surface area (Å²) in [6, 6.07) is 5.90. The lowest BCUT2D eigenvalue weighted by atomic mass is 10.1. The van der Waals surface area contributed by atoms with E-state index in [1.165, 1.54) is 5.56 Å². The lowest BCUT2D eigenvalue weighted by Gasteiger charge is -2.20. The van der Waals surface area contributed by atoms with E-state index in [2.05, 4.69) is 16.2 Å². The van der Waals surface area contributed by atoms with E-state index in [-0.39, 0.29) is 0 Å². The number of carbonyl (C=O) groups is 1. The van der Waals surface area contributed by atoms with E-state index in [0.29, 0.717) is 5.11 Å². The van der Waals surface area contributed by atoms with Gasteiger partial charge in [-0.2, -0.15) is 0 Å². The van der Waals surface area contributed by atoms with Gasteiger partial charge in [-0.3, -0.25) is 5.43 Å². The zero-order valence-electron chi connectivity index (χ0n) is 12.5. The second-order valence-corrected chi connectivity index (χ2v) is 5.91. The second kappa shape index (κ2) is 6.56. The van der Waals surface area contributed by atoms with Gasteiger partial charge < -0.3 is 10.1 Å².